The van der Waals surface area contributed by atoms with E-state index < -0.39 is 0 Å². The highest BCUT2D eigenvalue weighted by Crippen LogP contribution is 2.44. The molecule has 0 bridgehead atoms. The van der Waals surface area contributed by atoms with Gasteiger partial charge in [-0.2, -0.15) is 0 Å². The lowest BCUT2D eigenvalue weighted by Gasteiger charge is -2.40. The van der Waals surface area contributed by atoms with Gasteiger partial charge < -0.3 is 15.4 Å². The van der Waals surface area contributed by atoms with Crippen LogP contribution in [0.5, 0.6) is 0 Å². The second-order valence-corrected chi connectivity index (χ2v) is 4.69. The predicted octanol–water partition coefficient (Wildman–Crippen LogP) is 0.363. The number of likely N-dealkylation sites (tertiary alicyclic amines) is 1. The topological polar surface area (TPSA) is 55.6 Å². The van der Waals surface area contributed by atoms with Crippen molar-refractivity contribution in [3.05, 3.63) is 0 Å². The molecule has 15 heavy (non-hydrogen) atoms. The monoisotopic (exact) mass is 212 g/mol. The van der Waals surface area contributed by atoms with Crippen LogP contribution in [0.3, 0.4) is 0 Å². The maximum Gasteiger partial charge on any atom is 0.306 e. The van der Waals surface area contributed by atoms with Gasteiger partial charge in [0.2, 0.25) is 0 Å². The van der Waals surface area contributed by atoms with Crippen LogP contribution >= 0.6 is 0 Å². The van der Waals surface area contributed by atoms with Gasteiger partial charge in [0.25, 0.3) is 0 Å². The van der Waals surface area contributed by atoms with Crippen LogP contribution in [0, 0.1) is 5.41 Å². The van der Waals surface area contributed by atoms with Crippen LogP contribution in [0.2, 0.25) is 0 Å². The van der Waals surface area contributed by atoms with Gasteiger partial charge in [0, 0.05) is 12.0 Å². The van der Waals surface area contributed by atoms with Gasteiger partial charge >= 0.3 is 5.97 Å². The summed E-state index contributed by atoms with van der Waals surface area (Å²) >= 11 is 0. The number of nitrogens with zero attached hydrogens (tertiary/aromatic N) is 1. The van der Waals surface area contributed by atoms with Crippen LogP contribution in [0.1, 0.15) is 26.2 Å². The van der Waals surface area contributed by atoms with E-state index in [9.17, 15) is 4.79 Å². The molecule has 0 aromatic heterocycles. The van der Waals surface area contributed by atoms with Crippen LogP contribution in [-0.4, -0.2) is 43.2 Å². The van der Waals surface area contributed by atoms with Gasteiger partial charge in [-0.15, -0.1) is 0 Å². The van der Waals surface area contributed by atoms with Crippen molar-refractivity contribution >= 4 is 5.97 Å². The summed E-state index contributed by atoms with van der Waals surface area (Å²) < 4.78 is 5.29. The Morgan fingerprint density at radius 2 is 2.20 bits per heavy atom. The fourth-order valence-corrected chi connectivity index (χ4v) is 2.84. The third-order valence-corrected chi connectivity index (χ3v) is 3.97. The molecule has 2 aliphatic heterocycles. The first-order valence-electron chi connectivity index (χ1n) is 5.82. The molecule has 2 saturated heterocycles. The van der Waals surface area contributed by atoms with E-state index in [4.69, 9.17) is 10.5 Å². The van der Waals surface area contributed by atoms with Crippen LogP contribution in [0.25, 0.3) is 0 Å². The summed E-state index contributed by atoms with van der Waals surface area (Å²) in [7, 11) is 0. The zero-order valence-electron chi connectivity index (χ0n) is 9.37. The number of hydrogen-bond donors (Lipinski definition) is 1. The van der Waals surface area contributed by atoms with E-state index in [0.717, 1.165) is 32.5 Å². The maximum atomic E-state index is 11.3. The van der Waals surface area contributed by atoms with Crippen LogP contribution < -0.4 is 5.73 Å². The van der Waals surface area contributed by atoms with Crippen LogP contribution in [0.4, 0.5) is 0 Å². The number of ether oxygens (including phenoxy) is 1. The van der Waals surface area contributed by atoms with Crippen molar-refractivity contribution in [3.8, 4) is 0 Å². The SMILES string of the molecule is CCN1CCC2(CC1)CC(=O)OC2CN. The molecule has 0 saturated carbocycles. The molecule has 4 heteroatoms. The minimum absolute atomic E-state index is 0.0380. The molecule has 2 aliphatic rings. The first-order valence-corrected chi connectivity index (χ1v) is 5.82. The molecular formula is C11H20N2O2. The summed E-state index contributed by atoms with van der Waals surface area (Å²) in [5, 5.41) is 0. The minimum atomic E-state index is -0.0598. The molecule has 86 valence electrons. The number of nitrogens with two attached hydrogens (primary N) is 1. The van der Waals surface area contributed by atoms with E-state index in [1.165, 1.54) is 0 Å². The Kier molecular flexibility index (Phi) is 2.98. The largest absolute Gasteiger partial charge is 0.460 e. The van der Waals surface area contributed by atoms with Crippen molar-refractivity contribution in [3.63, 3.8) is 0 Å². The maximum absolute atomic E-state index is 11.3. The van der Waals surface area contributed by atoms with Gasteiger partial charge in [-0.3, -0.25) is 4.79 Å². The summed E-state index contributed by atoms with van der Waals surface area (Å²) in [6, 6.07) is 0. The highest BCUT2D eigenvalue weighted by molar-refractivity contribution is 5.73. The Balaban J connectivity index is 2.04. The number of carbonyl (C=O) groups excluding carboxylic acids is 1. The van der Waals surface area contributed by atoms with E-state index >= 15 is 0 Å². The fraction of sp³-hybridized carbons (Fsp3) is 0.909. The normalized spacial score (nSPS) is 30.8. The third-order valence-electron chi connectivity index (χ3n) is 3.97. The molecule has 0 radical (unpaired) electrons. The van der Waals surface area contributed by atoms with Crippen molar-refractivity contribution in [2.45, 2.75) is 32.3 Å². The molecule has 1 spiro atoms. The van der Waals surface area contributed by atoms with Gasteiger partial charge in [-0.1, -0.05) is 6.92 Å². The highest BCUT2D eigenvalue weighted by atomic mass is 16.6. The number of hydrogen-bond acceptors (Lipinski definition) is 4. The van der Waals surface area contributed by atoms with E-state index in [2.05, 4.69) is 11.8 Å². The smallest absolute Gasteiger partial charge is 0.306 e. The van der Waals surface area contributed by atoms with Gasteiger partial charge in [0.1, 0.15) is 6.10 Å². The Hall–Kier alpha value is -0.610. The number of rotatable bonds is 2. The summed E-state index contributed by atoms with van der Waals surface area (Å²) in [6.07, 6.45) is 2.64. The lowest BCUT2D eigenvalue weighted by Crippen LogP contribution is -2.46. The summed E-state index contributed by atoms with van der Waals surface area (Å²) in [6.45, 7) is 5.89. The number of piperidine rings is 1. The third kappa shape index (κ3) is 1.88. The highest BCUT2D eigenvalue weighted by Gasteiger charge is 2.49. The van der Waals surface area contributed by atoms with E-state index in [1.807, 2.05) is 0 Å². The molecular weight excluding hydrogens is 192 g/mol. The first kappa shape index (κ1) is 10.9. The minimum Gasteiger partial charge on any atom is -0.460 e. The second kappa shape index (κ2) is 4.10. The molecule has 0 aromatic carbocycles. The number of cyclic esters (lactones) is 1. The Labute approximate surface area is 90.8 Å². The Morgan fingerprint density at radius 3 is 2.73 bits per heavy atom. The van der Waals surface area contributed by atoms with Crippen molar-refractivity contribution in [1.29, 1.82) is 0 Å². The summed E-state index contributed by atoms with van der Waals surface area (Å²) in [4.78, 5) is 13.8. The quantitative estimate of drug-likeness (QED) is 0.672. The van der Waals surface area contributed by atoms with Gasteiger partial charge in [0.15, 0.2) is 0 Å². The Bertz CT molecular complexity index is 247. The predicted molar refractivity (Wildman–Crippen MR) is 57.3 cm³/mol. The fourth-order valence-electron chi connectivity index (χ4n) is 2.84. The van der Waals surface area contributed by atoms with Gasteiger partial charge in [0.05, 0.1) is 6.42 Å². The lowest BCUT2D eigenvalue weighted by molar-refractivity contribution is -0.141. The lowest BCUT2D eigenvalue weighted by atomic mass is 9.73. The number of carbonyl (C=O) groups is 1. The van der Waals surface area contributed by atoms with E-state index in [1.54, 1.807) is 0 Å². The molecule has 1 atom stereocenters. The van der Waals surface area contributed by atoms with Crippen molar-refractivity contribution < 1.29 is 9.53 Å². The van der Waals surface area contributed by atoms with Crippen LogP contribution in [0.15, 0.2) is 0 Å². The molecule has 0 aliphatic carbocycles. The average molecular weight is 212 g/mol. The molecule has 0 aromatic rings. The molecule has 0 amide bonds. The molecule has 1 unspecified atom stereocenters. The molecule has 2 fully saturated rings. The zero-order chi connectivity index (χ0) is 10.9. The van der Waals surface area contributed by atoms with Crippen LogP contribution in [-0.2, 0) is 9.53 Å². The second-order valence-electron chi connectivity index (χ2n) is 4.69. The Morgan fingerprint density at radius 1 is 1.53 bits per heavy atom. The number of esters is 1. The zero-order valence-corrected chi connectivity index (χ0v) is 9.37. The van der Waals surface area contributed by atoms with Crippen molar-refractivity contribution in [2.24, 2.45) is 11.1 Å². The van der Waals surface area contributed by atoms with E-state index in [-0.39, 0.29) is 17.5 Å². The standard InChI is InChI=1S/C11H20N2O2/c1-2-13-5-3-11(4-6-13)7-10(14)15-9(11)8-12/h9H,2-8,12H2,1H3. The van der Waals surface area contributed by atoms with Crippen molar-refractivity contribution in [1.82, 2.24) is 4.90 Å². The summed E-state index contributed by atoms with van der Waals surface area (Å²) in [5.74, 6) is -0.0598. The molecule has 2 N–H and O–H groups in total. The van der Waals surface area contributed by atoms with Crippen molar-refractivity contribution in [2.75, 3.05) is 26.2 Å². The van der Waals surface area contributed by atoms with Gasteiger partial charge in [-0.05, 0) is 32.5 Å². The summed E-state index contributed by atoms with van der Waals surface area (Å²) in [5.41, 5.74) is 5.73. The van der Waals surface area contributed by atoms with Gasteiger partial charge in [-0.25, -0.2) is 0 Å². The first-order chi connectivity index (χ1) is 7.20. The molecule has 2 rings (SSSR count). The molecule has 2 heterocycles. The van der Waals surface area contributed by atoms with E-state index in [0.29, 0.717) is 13.0 Å². The average Bonchev–Trinajstić information content (AvgIpc) is 2.56. The molecule has 4 nitrogen and oxygen atoms in total.